The molecule has 4 fully saturated rings. The first kappa shape index (κ1) is 14.9. The fourth-order valence-corrected chi connectivity index (χ4v) is 5.52. The van der Waals surface area contributed by atoms with Crippen LogP contribution >= 0.6 is 0 Å². The van der Waals surface area contributed by atoms with Crippen molar-refractivity contribution in [2.75, 3.05) is 13.7 Å². The van der Waals surface area contributed by atoms with E-state index in [2.05, 4.69) is 4.90 Å². The predicted molar refractivity (Wildman–Crippen MR) is 79.5 cm³/mol. The highest BCUT2D eigenvalue weighted by atomic mass is 16.5. The molecule has 0 aliphatic heterocycles. The third-order valence-electron chi connectivity index (χ3n) is 5.95. The summed E-state index contributed by atoms with van der Waals surface area (Å²) in [4.78, 5) is 26.1. The molecule has 118 valence electrons. The minimum atomic E-state index is -0.214. The van der Waals surface area contributed by atoms with Crippen molar-refractivity contribution in [1.82, 2.24) is 4.90 Å². The van der Waals surface area contributed by atoms with Gasteiger partial charge in [-0.3, -0.25) is 9.59 Å². The third kappa shape index (κ3) is 2.69. The first-order valence-corrected chi connectivity index (χ1v) is 8.43. The fraction of sp³-hybridized carbons (Fsp3) is 0.882. The Morgan fingerprint density at radius 3 is 2.05 bits per heavy atom. The summed E-state index contributed by atoms with van der Waals surface area (Å²) in [6.07, 6.45) is 8.43. The van der Waals surface area contributed by atoms with Gasteiger partial charge in [-0.2, -0.15) is 0 Å². The van der Waals surface area contributed by atoms with Crippen LogP contribution in [0.4, 0.5) is 0 Å². The molecule has 4 rings (SSSR count). The number of rotatable bonds is 5. The van der Waals surface area contributed by atoms with E-state index in [-0.39, 0.29) is 17.4 Å². The topological polar surface area (TPSA) is 46.6 Å². The molecule has 0 aromatic carbocycles. The molecule has 4 heteroatoms. The Labute approximate surface area is 127 Å². The lowest BCUT2D eigenvalue weighted by atomic mass is 9.52. The number of esters is 1. The SMILES string of the molecule is CCC(=O)N(CCC(=O)OC)C12CC3CC(CC(C3)C1)C2. The fourth-order valence-electron chi connectivity index (χ4n) is 5.52. The van der Waals surface area contributed by atoms with Crippen molar-refractivity contribution in [3.05, 3.63) is 0 Å². The van der Waals surface area contributed by atoms with Gasteiger partial charge in [-0.15, -0.1) is 0 Å². The van der Waals surface area contributed by atoms with E-state index in [9.17, 15) is 9.59 Å². The molecule has 0 N–H and O–H groups in total. The lowest BCUT2D eigenvalue weighted by Crippen LogP contribution is -2.61. The Morgan fingerprint density at radius 2 is 1.62 bits per heavy atom. The molecule has 0 spiro atoms. The number of amides is 1. The van der Waals surface area contributed by atoms with Gasteiger partial charge in [0.1, 0.15) is 0 Å². The maximum atomic E-state index is 12.5. The van der Waals surface area contributed by atoms with Gasteiger partial charge in [-0.05, 0) is 56.3 Å². The first-order chi connectivity index (χ1) is 10.1. The normalized spacial score (nSPS) is 36.6. The molecular formula is C17H27NO3. The second kappa shape index (κ2) is 5.62. The summed E-state index contributed by atoms with van der Waals surface area (Å²) in [5.74, 6) is 2.42. The minimum absolute atomic E-state index is 0.0515. The van der Waals surface area contributed by atoms with Gasteiger partial charge in [0.05, 0.1) is 13.5 Å². The standard InChI is InChI=1S/C17H27NO3/c1-3-15(19)18(5-4-16(20)21-2)17-9-12-6-13(10-17)8-14(7-12)11-17/h12-14H,3-11H2,1-2H3. The lowest BCUT2D eigenvalue weighted by molar-refractivity contribution is -0.153. The molecule has 21 heavy (non-hydrogen) atoms. The molecule has 0 heterocycles. The van der Waals surface area contributed by atoms with Gasteiger partial charge in [0, 0.05) is 18.5 Å². The van der Waals surface area contributed by atoms with Gasteiger partial charge < -0.3 is 9.64 Å². The van der Waals surface area contributed by atoms with Crippen LogP contribution in [0.25, 0.3) is 0 Å². The molecule has 4 bridgehead atoms. The second-order valence-corrected chi connectivity index (χ2v) is 7.37. The molecule has 4 nitrogen and oxygen atoms in total. The average Bonchev–Trinajstić information content (AvgIpc) is 2.45. The van der Waals surface area contributed by atoms with Crippen molar-refractivity contribution < 1.29 is 14.3 Å². The second-order valence-electron chi connectivity index (χ2n) is 7.37. The van der Waals surface area contributed by atoms with E-state index < -0.39 is 0 Å². The average molecular weight is 293 g/mol. The van der Waals surface area contributed by atoms with Crippen molar-refractivity contribution in [3.63, 3.8) is 0 Å². The van der Waals surface area contributed by atoms with Crippen molar-refractivity contribution in [2.24, 2.45) is 17.8 Å². The quantitative estimate of drug-likeness (QED) is 0.732. The summed E-state index contributed by atoms with van der Waals surface area (Å²) in [6.45, 7) is 2.46. The van der Waals surface area contributed by atoms with Crippen LogP contribution in [0.3, 0.4) is 0 Å². The molecule has 0 unspecified atom stereocenters. The zero-order valence-corrected chi connectivity index (χ0v) is 13.3. The summed E-state index contributed by atoms with van der Waals surface area (Å²) < 4.78 is 4.76. The Morgan fingerprint density at radius 1 is 1.10 bits per heavy atom. The van der Waals surface area contributed by atoms with Crippen molar-refractivity contribution in [1.29, 1.82) is 0 Å². The van der Waals surface area contributed by atoms with Crippen LogP contribution in [0.2, 0.25) is 0 Å². The number of nitrogens with zero attached hydrogens (tertiary/aromatic N) is 1. The molecule has 4 saturated carbocycles. The number of ether oxygens (including phenoxy) is 1. The van der Waals surface area contributed by atoms with Gasteiger partial charge in [-0.25, -0.2) is 0 Å². The maximum absolute atomic E-state index is 12.5. The van der Waals surface area contributed by atoms with E-state index in [1.54, 1.807) is 0 Å². The van der Waals surface area contributed by atoms with Crippen LogP contribution in [-0.2, 0) is 14.3 Å². The monoisotopic (exact) mass is 293 g/mol. The molecule has 4 aliphatic rings. The van der Waals surface area contributed by atoms with E-state index in [1.807, 2.05) is 6.92 Å². The zero-order valence-electron chi connectivity index (χ0n) is 13.3. The van der Waals surface area contributed by atoms with Crippen LogP contribution in [0, 0.1) is 17.8 Å². The zero-order chi connectivity index (χ0) is 15.0. The van der Waals surface area contributed by atoms with Gasteiger partial charge in [-0.1, -0.05) is 6.92 Å². The van der Waals surface area contributed by atoms with Crippen LogP contribution in [0.1, 0.15) is 58.3 Å². The van der Waals surface area contributed by atoms with Crippen LogP contribution < -0.4 is 0 Å². The van der Waals surface area contributed by atoms with E-state index in [0.29, 0.717) is 19.4 Å². The maximum Gasteiger partial charge on any atom is 0.307 e. The van der Waals surface area contributed by atoms with Gasteiger partial charge in [0.2, 0.25) is 5.91 Å². The highest BCUT2D eigenvalue weighted by molar-refractivity contribution is 5.78. The van der Waals surface area contributed by atoms with Crippen LogP contribution in [0.15, 0.2) is 0 Å². The van der Waals surface area contributed by atoms with Crippen LogP contribution in [0.5, 0.6) is 0 Å². The Bertz CT molecular complexity index is 396. The largest absolute Gasteiger partial charge is 0.469 e. The highest BCUT2D eigenvalue weighted by Gasteiger charge is 2.54. The molecule has 0 atom stereocenters. The van der Waals surface area contributed by atoms with Gasteiger partial charge in [0.15, 0.2) is 0 Å². The molecule has 0 aromatic heterocycles. The summed E-state index contributed by atoms with van der Waals surface area (Å²) >= 11 is 0. The Hall–Kier alpha value is -1.06. The number of carbonyl (C=O) groups is 2. The predicted octanol–water partition coefficient (Wildman–Crippen LogP) is 2.76. The van der Waals surface area contributed by atoms with E-state index in [0.717, 1.165) is 37.0 Å². The van der Waals surface area contributed by atoms with E-state index in [1.165, 1.54) is 26.4 Å². The Kier molecular flexibility index (Phi) is 3.98. The first-order valence-electron chi connectivity index (χ1n) is 8.43. The summed E-state index contributed by atoms with van der Waals surface area (Å²) in [5.41, 5.74) is 0.0515. The minimum Gasteiger partial charge on any atom is -0.469 e. The molecule has 0 aromatic rings. The number of hydrogen-bond acceptors (Lipinski definition) is 3. The molecular weight excluding hydrogens is 266 g/mol. The van der Waals surface area contributed by atoms with Crippen molar-refractivity contribution in [2.45, 2.75) is 63.8 Å². The van der Waals surface area contributed by atoms with Crippen molar-refractivity contribution >= 4 is 11.9 Å². The van der Waals surface area contributed by atoms with Gasteiger partial charge >= 0.3 is 5.97 Å². The molecule has 1 amide bonds. The summed E-state index contributed by atoms with van der Waals surface area (Å²) in [6, 6.07) is 0. The summed E-state index contributed by atoms with van der Waals surface area (Å²) in [7, 11) is 1.42. The van der Waals surface area contributed by atoms with E-state index in [4.69, 9.17) is 4.74 Å². The number of hydrogen-bond donors (Lipinski definition) is 0. The van der Waals surface area contributed by atoms with E-state index >= 15 is 0 Å². The molecule has 0 radical (unpaired) electrons. The van der Waals surface area contributed by atoms with Crippen molar-refractivity contribution in [3.8, 4) is 0 Å². The summed E-state index contributed by atoms with van der Waals surface area (Å²) in [5, 5.41) is 0. The molecule has 4 aliphatic carbocycles. The number of carbonyl (C=O) groups excluding carboxylic acids is 2. The molecule has 0 saturated heterocycles. The van der Waals surface area contributed by atoms with Gasteiger partial charge in [0.25, 0.3) is 0 Å². The van der Waals surface area contributed by atoms with Crippen LogP contribution in [-0.4, -0.2) is 36.0 Å². The number of methoxy groups -OCH3 is 1. The lowest BCUT2D eigenvalue weighted by Gasteiger charge is -2.60. The highest BCUT2D eigenvalue weighted by Crippen LogP contribution is 2.57. The Balaban J connectivity index is 1.78. The third-order valence-corrected chi connectivity index (χ3v) is 5.95. The smallest absolute Gasteiger partial charge is 0.307 e.